The number of nitrogens with zero attached hydrogens (tertiary/aromatic N) is 4. The van der Waals surface area contributed by atoms with Crippen molar-refractivity contribution in [2.24, 2.45) is 4.99 Å². The molecule has 3 aromatic heterocycles. The molecule has 1 aromatic carbocycles. The molecule has 3 heterocycles. The fraction of sp³-hybridized carbons (Fsp3) is 0.0769. The number of benzene rings is 1. The third-order valence-electron chi connectivity index (χ3n) is 4.54. The van der Waals surface area contributed by atoms with Crippen molar-refractivity contribution in [3.05, 3.63) is 91.5 Å². The van der Waals surface area contributed by atoms with Crippen molar-refractivity contribution in [1.82, 2.24) is 19.9 Å². The van der Waals surface area contributed by atoms with E-state index in [1.807, 2.05) is 37.4 Å². The molecule has 0 bridgehead atoms. The van der Waals surface area contributed by atoms with Crippen molar-refractivity contribution in [3.63, 3.8) is 0 Å². The van der Waals surface area contributed by atoms with E-state index in [0.29, 0.717) is 29.3 Å². The second kappa shape index (κ2) is 12.9. The van der Waals surface area contributed by atoms with Crippen molar-refractivity contribution in [2.75, 3.05) is 10.6 Å². The van der Waals surface area contributed by atoms with Gasteiger partial charge in [-0.25, -0.2) is 9.97 Å². The molecule has 0 aliphatic carbocycles. The lowest BCUT2D eigenvalue weighted by Gasteiger charge is -2.04. The van der Waals surface area contributed by atoms with Gasteiger partial charge in [0.15, 0.2) is 0 Å². The number of aromatic nitrogens is 4. The van der Waals surface area contributed by atoms with E-state index in [4.69, 9.17) is 0 Å². The van der Waals surface area contributed by atoms with Crippen LogP contribution in [-0.4, -0.2) is 38.5 Å². The number of hydrogen-bond acceptors (Lipinski definition) is 6. The van der Waals surface area contributed by atoms with Crippen LogP contribution in [0, 0.1) is 6.92 Å². The summed E-state index contributed by atoms with van der Waals surface area (Å²) in [7, 11) is 0. The molecule has 9 heteroatoms. The summed E-state index contributed by atoms with van der Waals surface area (Å²) in [5, 5.41) is 5.32. The van der Waals surface area contributed by atoms with Crippen molar-refractivity contribution in [2.45, 2.75) is 13.3 Å². The summed E-state index contributed by atoms with van der Waals surface area (Å²) in [6.07, 6.45) is 12.4. The highest BCUT2D eigenvalue weighted by Crippen LogP contribution is 2.23. The molecule has 2 amide bonds. The predicted octanol–water partition coefficient (Wildman–Crippen LogP) is 4.68. The van der Waals surface area contributed by atoms with Crippen LogP contribution < -0.4 is 10.6 Å². The molecule has 0 atom stereocenters. The monoisotopic (exact) mass is 467 g/mol. The summed E-state index contributed by atoms with van der Waals surface area (Å²) >= 11 is 0. The van der Waals surface area contributed by atoms with Gasteiger partial charge in [-0.1, -0.05) is 18.7 Å². The Morgan fingerprint density at radius 2 is 2.03 bits per heavy atom. The largest absolute Gasteiger partial charge is 0.337 e. The lowest BCUT2D eigenvalue weighted by Crippen LogP contribution is -2.09. The Hall–Kier alpha value is -4.92. The fourth-order valence-corrected chi connectivity index (χ4v) is 2.90. The summed E-state index contributed by atoms with van der Waals surface area (Å²) in [5.41, 5.74) is 4.22. The van der Waals surface area contributed by atoms with Crippen LogP contribution in [0.4, 0.5) is 11.5 Å². The van der Waals surface area contributed by atoms with Crippen molar-refractivity contribution in [1.29, 1.82) is 0 Å². The molecule has 0 radical (unpaired) electrons. The van der Waals surface area contributed by atoms with Crippen LogP contribution >= 0.6 is 0 Å². The number of amides is 2. The molecule has 3 N–H and O–H groups in total. The van der Waals surface area contributed by atoms with Crippen LogP contribution in [-0.2, 0) is 9.59 Å². The Labute approximate surface area is 202 Å². The number of nitrogens with one attached hydrogen (secondary N) is 3. The number of H-pyrrole nitrogens is 1. The minimum Gasteiger partial charge on any atom is -0.337 e. The number of fused-ring (bicyclic) bond motifs is 1. The van der Waals surface area contributed by atoms with E-state index < -0.39 is 0 Å². The molecule has 0 unspecified atom stereocenters. The second-order valence-corrected chi connectivity index (χ2v) is 7.20. The number of aromatic amines is 1. The first-order valence-corrected chi connectivity index (χ1v) is 10.7. The zero-order valence-electron chi connectivity index (χ0n) is 19.2. The van der Waals surface area contributed by atoms with Crippen molar-refractivity contribution < 1.29 is 9.59 Å². The summed E-state index contributed by atoms with van der Waals surface area (Å²) in [6.45, 7) is 5.49. The van der Waals surface area contributed by atoms with E-state index in [1.54, 1.807) is 49.0 Å². The number of anilines is 2. The van der Waals surface area contributed by atoms with Crippen LogP contribution in [0.3, 0.4) is 0 Å². The maximum Gasteiger partial charge on any atom is 0.228 e. The highest BCUT2D eigenvalue weighted by atomic mass is 16.1. The molecule has 0 aliphatic heterocycles. The maximum atomic E-state index is 11.9. The zero-order valence-corrected chi connectivity index (χ0v) is 19.2. The van der Waals surface area contributed by atoms with Gasteiger partial charge >= 0.3 is 0 Å². The number of imidazole rings is 1. The highest BCUT2D eigenvalue weighted by Gasteiger charge is 2.07. The average molecular weight is 468 g/mol. The van der Waals surface area contributed by atoms with E-state index in [2.05, 4.69) is 42.1 Å². The smallest absolute Gasteiger partial charge is 0.228 e. The molecule has 0 fully saturated rings. The number of carbonyl (C=O) groups excluding carboxylic acids is 2. The van der Waals surface area contributed by atoms with Gasteiger partial charge in [0.1, 0.15) is 11.6 Å². The lowest BCUT2D eigenvalue weighted by molar-refractivity contribution is -0.115. The molecular weight excluding hydrogens is 442 g/mol. The Kier molecular flexibility index (Phi) is 9.14. The molecular formula is C26H25N7O2. The van der Waals surface area contributed by atoms with E-state index in [-0.39, 0.29) is 12.3 Å². The Bertz CT molecular complexity index is 1330. The maximum absolute atomic E-state index is 11.9. The fourth-order valence-electron chi connectivity index (χ4n) is 2.90. The van der Waals surface area contributed by atoms with Gasteiger partial charge in [0.2, 0.25) is 12.3 Å². The minimum absolute atomic E-state index is 0.124. The zero-order chi connectivity index (χ0) is 24.9. The topological polar surface area (TPSA) is 125 Å². The average Bonchev–Trinajstić information content (AvgIpc) is 3.29. The van der Waals surface area contributed by atoms with Gasteiger partial charge in [-0.3, -0.25) is 19.6 Å². The van der Waals surface area contributed by atoms with Gasteiger partial charge in [0, 0.05) is 48.5 Å². The van der Waals surface area contributed by atoms with Crippen LogP contribution in [0.1, 0.15) is 12.0 Å². The number of allylic oxidation sites excluding steroid dienone is 1. The molecule has 0 saturated heterocycles. The van der Waals surface area contributed by atoms with Crippen molar-refractivity contribution >= 4 is 41.1 Å². The summed E-state index contributed by atoms with van der Waals surface area (Å²) in [4.78, 5) is 41.9. The van der Waals surface area contributed by atoms with Gasteiger partial charge in [0.05, 0.1) is 17.2 Å². The molecule has 0 spiro atoms. The number of carbonyl (C=O) groups is 2. The Morgan fingerprint density at radius 3 is 2.69 bits per heavy atom. The molecule has 9 nitrogen and oxygen atoms in total. The van der Waals surface area contributed by atoms with E-state index in [9.17, 15) is 9.59 Å². The minimum atomic E-state index is -0.124. The normalized spacial score (nSPS) is 10.7. The first-order valence-electron chi connectivity index (χ1n) is 10.7. The number of hydrogen-bond donors (Lipinski definition) is 3. The second-order valence-electron chi connectivity index (χ2n) is 7.20. The molecule has 35 heavy (non-hydrogen) atoms. The lowest BCUT2D eigenvalue weighted by atomic mass is 10.2. The van der Waals surface area contributed by atoms with Gasteiger partial charge in [0.25, 0.3) is 0 Å². The standard InChI is InChI=1S/C20H18N6O2.C6H7N/c1-2-21-10-4-3-5-19(28)24-15-8-6-14(7-9-15)20-25-16-11-18(23-13-27)22-12-17(16)26-20;1-6-3-2-4-7-5-6/h2-4,6-13H,1,5H2,(H,24,28)(H,25,26)(H,22,23,27);2-5H,1H3/b4-3-,21-10?;. The molecule has 0 aliphatic rings. The molecule has 0 saturated carbocycles. The molecule has 4 aromatic rings. The number of aryl methyl sites for hydroxylation is 1. The van der Waals surface area contributed by atoms with Gasteiger partial charge in [-0.05, 0) is 48.9 Å². The number of pyridine rings is 2. The highest BCUT2D eigenvalue weighted by molar-refractivity contribution is 5.92. The molecule has 4 rings (SSSR count). The first-order chi connectivity index (χ1) is 17.1. The Balaban J connectivity index is 0.000000420. The Morgan fingerprint density at radius 1 is 1.20 bits per heavy atom. The number of rotatable bonds is 8. The summed E-state index contributed by atoms with van der Waals surface area (Å²) in [5.74, 6) is 0.979. The van der Waals surface area contributed by atoms with Crippen LogP contribution in [0.2, 0.25) is 0 Å². The van der Waals surface area contributed by atoms with Gasteiger partial charge in [-0.15, -0.1) is 0 Å². The molecule has 176 valence electrons. The third kappa shape index (κ3) is 7.86. The van der Waals surface area contributed by atoms with E-state index in [1.165, 1.54) is 11.8 Å². The first kappa shape index (κ1) is 24.7. The number of aliphatic imine (C=N–C) groups is 1. The van der Waals surface area contributed by atoms with Crippen molar-refractivity contribution in [3.8, 4) is 11.4 Å². The van der Waals surface area contributed by atoms with E-state index >= 15 is 0 Å². The van der Waals surface area contributed by atoms with E-state index in [0.717, 1.165) is 11.1 Å². The SMILES string of the molecule is C=CN=C/C=C\CC(=O)Nc1ccc(-c2nc3cc(NC=O)ncc3[nH]2)cc1.Cc1cccnc1. The van der Waals surface area contributed by atoms with Crippen LogP contribution in [0.25, 0.3) is 22.4 Å². The van der Waals surface area contributed by atoms with Crippen LogP contribution in [0.5, 0.6) is 0 Å². The van der Waals surface area contributed by atoms with Crippen LogP contribution in [0.15, 0.2) is 91.0 Å². The summed E-state index contributed by atoms with van der Waals surface area (Å²) in [6, 6.07) is 13.0. The quantitative estimate of drug-likeness (QED) is 0.256. The van der Waals surface area contributed by atoms with Gasteiger partial charge < -0.3 is 15.6 Å². The van der Waals surface area contributed by atoms with Gasteiger partial charge in [-0.2, -0.15) is 0 Å². The third-order valence-corrected chi connectivity index (χ3v) is 4.54. The predicted molar refractivity (Wildman–Crippen MR) is 139 cm³/mol. The summed E-state index contributed by atoms with van der Waals surface area (Å²) < 4.78 is 0.